The van der Waals surface area contributed by atoms with Crippen LogP contribution < -0.4 is 5.32 Å². The molecule has 3 heteroatoms. The Morgan fingerprint density at radius 2 is 2.06 bits per heavy atom. The average molecular weight is 254 g/mol. The fraction of sp³-hybridized carbons (Fsp3) is 0.714. The first-order valence-electron chi connectivity index (χ1n) is 6.77. The fourth-order valence-corrected chi connectivity index (χ4v) is 3.51. The van der Waals surface area contributed by atoms with E-state index < -0.39 is 0 Å². The van der Waals surface area contributed by atoms with Crippen LogP contribution in [0, 0.1) is 5.92 Å². The molecule has 1 aliphatic carbocycles. The van der Waals surface area contributed by atoms with Crippen molar-refractivity contribution in [2.75, 3.05) is 13.2 Å². The standard InChI is InChI=1S/C14H20ClNO/c15-13-8-11-6-7-17-9-12(11)14(16-13)10-4-2-1-3-5-10/h8,10,13,16H,1-7,9H2. The van der Waals surface area contributed by atoms with Gasteiger partial charge in [-0.2, -0.15) is 0 Å². The van der Waals surface area contributed by atoms with E-state index in [9.17, 15) is 0 Å². The third-order valence-electron chi connectivity index (χ3n) is 4.13. The van der Waals surface area contributed by atoms with Crippen molar-refractivity contribution in [3.8, 4) is 0 Å². The van der Waals surface area contributed by atoms with E-state index in [0.717, 1.165) is 19.6 Å². The lowest BCUT2D eigenvalue weighted by Gasteiger charge is -2.35. The van der Waals surface area contributed by atoms with Gasteiger partial charge in [0.2, 0.25) is 0 Å². The van der Waals surface area contributed by atoms with Gasteiger partial charge in [-0.15, -0.1) is 0 Å². The van der Waals surface area contributed by atoms with E-state index in [4.69, 9.17) is 16.3 Å². The second kappa shape index (κ2) is 5.03. The zero-order valence-electron chi connectivity index (χ0n) is 10.2. The van der Waals surface area contributed by atoms with E-state index in [-0.39, 0.29) is 5.50 Å². The Hall–Kier alpha value is -0.470. The van der Waals surface area contributed by atoms with Gasteiger partial charge in [-0.1, -0.05) is 30.9 Å². The molecule has 0 spiro atoms. The predicted molar refractivity (Wildman–Crippen MR) is 69.9 cm³/mol. The summed E-state index contributed by atoms with van der Waals surface area (Å²) >= 11 is 6.29. The zero-order chi connectivity index (χ0) is 11.7. The van der Waals surface area contributed by atoms with Crippen LogP contribution in [-0.4, -0.2) is 18.7 Å². The van der Waals surface area contributed by atoms with Gasteiger partial charge in [-0.05, 0) is 36.8 Å². The maximum absolute atomic E-state index is 6.29. The van der Waals surface area contributed by atoms with E-state index in [2.05, 4.69) is 11.4 Å². The fourth-order valence-electron chi connectivity index (χ4n) is 3.24. The second-order valence-electron chi connectivity index (χ2n) is 5.27. The molecule has 0 amide bonds. The van der Waals surface area contributed by atoms with E-state index in [0.29, 0.717) is 5.92 Å². The maximum atomic E-state index is 6.29. The molecule has 17 heavy (non-hydrogen) atoms. The molecule has 0 bridgehead atoms. The first kappa shape index (κ1) is 11.6. The summed E-state index contributed by atoms with van der Waals surface area (Å²) in [6.45, 7) is 1.62. The largest absolute Gasteiger partial charge is 0.376 e. The molecular formula is C14H20ClNO. The number of halogens is 1. The van der Waals surface area contributed by atoms with Gasteiger partial charge in [-0.3, -0.25) is 0 Å². The van der Waals surface area contributed by atoms with Gasteiger partial charge in [-0.25, -0.2) is 0 Å². The topological polar surface area (TPSA) is 21.3 Å². The molecule has 2 fully saturated rings. The minimum absolute atomic E-state index is 0.0243. The van der Waals surface area contributed by atoms with E-state index in [1.807, 2.05) is 0 Å². The Morgan fingerprint density at radius 3 is 2.88 bits per heavy atom. The van der Waals surface area contributed by atoms with Gasteiger partial charge in [0, 0.05) is 11.3 Å². The summed E-state index contributed by atoms with van der Waals surface area (Å²) in [5, 5.41) is 3.47. The number of nitrogens with one attached hydrogen (secondary N) is 1. The van der Waals surface area contributed by atoms with Crippen LogP contribution in [0.3, 0.4) is 0 Å². The van der Waals surface area contributed by atoms with Crippen molar-refractivity contribution < 1.29 is 4.74 Å². The number of hydrogen-bond donors (Lipinski definition) is 1. The van der Waals surface area contributed by atoms with Crippen molar-refractivity contribution in [2.24, 2.45) is 5.92 Å². The van der Waals surface area contributed by atoms with Gasteiger partial charge >= 0.3 is 0 Å². The third-order valence-corrected chi connectivity index (χ3v) is 4.36. The van der Waals surface area contributed by atoms with Crippen molar-refractivity contribution >= 4 is 11.6 Å². The predicted octanol–water partition coefficient (Wildman–Crippen LogP) is 3.34. The molecule has 0 aromatic rings. The number of ether oxygens (including phenoxy) is 1. The minimum atomic E-state index is -0.0243. The lowest BCUT2D eigenvalue weighted by Crippen LogP contribution is -2.35. The smallest absolute Gasteiger partial charge is 0.120 e. The van der Waals surface area contributed by atoms with E-state index >= 15 is 0 Å². The van der Waals surface area contributed by atoms with Crippen molar-refractivity contribution in [2.45, 2.75) is 44.0 Å². The summed E-state index contributed by atoms with van der Waals surface area (Å²) < 4.78 is 5.61. The highest BCUT2D eigenvalue weighted by atomic mass is 35.5. The number of allylic oxidation sites excluding steroid dienone is 1. The number of alkyl halides is 1. The summed E-state index contributed by atoms with van der Waals surface area (Å²) in [5.41, 5.74) is 4.20. The molecule has 1 saturated heterocycles. The maximum Gasteiger partial charge on any atom is 0.120 e. The zero-order valence-corrected chi connectivity index (χ0v) is 10.9. The Morgan fingerprint density at radius 1 is 1.24 bits per heavy atom. The number of fused-ring (bicyclic) bond motifs is 1. The van der Waals surface area contributed by atoms with Gasteiger partial charge in [0.05, 0.1) is 13.2 Å². The molecule has 2 nitrogen and oxygen atoms in total. The van der Waals surface area contributed by atoms with Crippen molar-refractivity contribution in [1.82, 2.24) is 5.32 Å². The normalized spacial score (nSPS) is 30.6. The van der Waals surface area contributed by atoms with Gasteiger partial charge in [0.1, 0.15) is 5.50 Å². The highest BCUT2D eigenvalue weighted by Gasteiger charge is 2.28. The molecule has 1 unspecified atom stereocenters. The molecule has 2 aliphatic heterocycles. The lowest BCUT2D eigenvalue weighted by atomic mass is 9.82. The Balaban J connectivity index is 1.88. The molecule has 94 valence electrons. The molecule has 3 aliphatic rings. The van der Waals surface area contributed by atoms with Crippen molar-refractivity contribution in [3.05, 3.63) is 22.9 Å². The summed E-state index contributed by atoms with van der Waals surface area (Å²) in [4.78, 5) is 0. The highest BCUT2D eigenvalue weighted by Crippen LogP contribution is 2.36. The van der Waals surface area contributed by atoms with Crippen molar-refractivity contribution in [1.29, 1.82) is 0 Å². The van der Waals surface area contributed by atoms with Crippen LogP contribution in [0.5, 0.6) is 0 Å². The average Bonchev–Trinajstić information content (AvgIpc) is 2.39. The van der Waals surface area contributed by atoms with Crippen LogP contribution in [-0.2, 0) is 4.74 Å². The van der Waals surface area contributed by atoms with Crippen LogP contribution in [0.15, 0.2) is 22.9 Å². The first-order chi connectivity index (χ1) is 8.34. The van der Waals surface area contributed by atoms with Crippen LogP contribution >= 0.6 is 11.6 Å². The number of rotatable bonds is 1. The van der Waals surface area contributed by atoms with Crippen LogP contribution in [0.25, 0.3) is 0 Å². The SMILES string of the molecule is ClC1C=C2CCOCC2=C(C2CCCCC2)N1. The molecular weight excluding hydrogens is 234 g/mol. The van der Waals surface area contributed by atoms with E-state index in [1.54, 1.807) is 0 Å². The van der Waals surface area contributed by atoms with Gasteiger partial charge in [0.25, 0.3) is 0 Å². The first-order valence-corrected chi connectivity index (χ1v) is 7.20. The third kappa shape index (κ3) is 2.38. The Kier molecular flexibility index (Phi) is 3.44. The molecule has 1 saturated carbocycles. The van der Waals surface area contributed by atoms with Crippen molar-refractivity contribution in [3.63, 3.8) is 0 Å². The molecule has 2 heterocycles. The molecule has 3 rings (SSSR count). The lowest BCUT2D eigenvalue weighted by molar-refractivity contribution is 0.142. The Labute approximate surface area is 108 Å². The van der Waals surface area contributed by atoms with Gasteiger partial charge in [0.15, 0.2) is 0 Å². The molecule has 1 N–H and O–H groups in total. The second-order valence-corrected chi connectivity index (χ2v) is 5.74. The van der Waals surface area contributed by atoms with Crippen LogP contribution in [0.1, 0.15) is 38.5 Å². The van der Waals surface area contributed by atoms with E-state index in [1.165, 1.54) is 48.9 Å². The molecule has 1 atom stereocenters. The van der Waals surface area contributed by atoms with Crippen LogP contribution in [0.4, 0.5) is 0 Å². The van der Waals surface area contributed by atoms with Gasteiger partial charge < -0.3 is 10.1 Å². The molecule has 0 aromatic heterocycles. The minimum Gasteiger partial charge on any atom is -0.376 e. The molecule has 0 aromatic carbocycles. The monoisotopic (exact) mass is 253 g/mol. The summed E-state index contributed by atoms with van der Waals surface area (Å²) in [5.74, 6) is 0.686. The van der Waals surface area contributed by atoms with Crippen LogP contribution in [0.2, 0.25) is 0 Å². The summed E-state index contributed by atoms with van der Waals surface area (Å²) in [6.07, 6.45) is 9.90. The number of hydrogen-bond acceptors (Lipinski definition) is 2. The molecule has 0 radical (unpaired) electrons. The number of dihydropyridines is 1. The highest BCUT2D eigenvalue weighted by molar-refractivity contribution is 6.21. The summed E-state index contributed by atoms with van der Waals surface area (Å²) in [7, 11) is 0. The quantitative estimate of drug-likeness (QED) is 0.572. The summed E-state index contributed by atoms with van der Waals surface area (Å²) in [6, 6.07) is 0. The Bertz CT molecular complexity index is 355.